The van der Waals surface area contributed by atoms with Gasteiger partial charge < -0.3 is 10.2 Å². The molecule has 6 nitrogen and oxygen atoms in total. The van der Waals surface area contributed by atoms with Crippen LogP contribution in [0.15, 0.2) is 0 Å². The van der Waals surface area contributed by atoms with Crippen molar-refractivity contribution in [2.24, 2.45) is 0 Å². The summed E-state index contributed by atoms with van der Waals surface area (Å²) in [7, 11) is -1.80. The zero-order valence-electron chi connectivity index (χ0n) is 7.67. The van der Waals surface area contributed by atoms with Gasteiger partial charge in [0.2, 0.25) is 0 Å². The molecule has 80 valence electrons. The van der Waals surface area contributed by atoms with Crippen LogP contribution in [0, 0.1) is 0 Å². The molecule has 0 amide bonds. The third-order valence-electron chi connectivity index (χ3n) is 1.10. The van der Waals surface area contributed by atoms with Crippen molar-refractivity contribution in [2.75, 3.05) is 26.9 Å². The lowest BCUT2D eigenvalue weighted by Crippen LogP contribution is -2.00. The molecule has 2 N–H and O–H groups in total. The van der Waals surface area contributed by atoms with Gasteiger partial charge in [0, 0.05) is 7.11 Å². The SMILES string of the molecule is COP1(=O)OCC(C)O1.OCCO. The van der Waals surface area contributed by atoms with E-state index in [1.165, 1.54) is 7.11 Å². The molecular weight excluding hydrogens is 199 g/mol. The Morgan fingerprint density at radius 3 is 2.23 bits per heavy atom. The van der Waals surface area contributed by atoms with Crippen LogP contribution in [0.4, 0.5) is 0 Å². The molecule has 0 aromatic heterocycles. The fraction of sp³-hybridized carbons (Fsp3) is 1.00. The lowest BCUT2D eigenvalue weighted by atomic mass is 10.5. The van der Waals surface area contributed by atoms with E-state index in [0.29, 0.717) is 6.61 Å². The normalized spacial score (nSPS) is 32.5. The van der Waals surface area contributed by atoms with Gasteiger partial charge in [-0.2, -0.15) is 0 Å². The fourth-order valence-electron chi connectivity index (χ4n) is 0.573. The van der Waals surface area contributed by atoms with Crippen LogP contribution in [0.1, 0.15) is 6.92 Å². The first-order valence-corrected chi connectivity index (χ1v) is 5.24. The number of phosphoric acid groups is 1. The van der Waals surface area contributed by atoms with Crippen LogP contribution in [0.2, 0.25) is 0 Å². The van der Waals surface area contributed by atoms with Gasteiger partial charge in [-0.05, 0) is 6.92 Å². The summed E-state index contributed by atoms with van der Waals surface area (Å²) < 4.78 is 24.9. The lowest BCUT2D eigenvalue weighted by Gasteiger charge is -2.04. The molecule has 2 atom stereocenters. The van der Waals surface area contributed by atoms with Crippen molar-refractivity contribution in [2.45, 2.75) is 13.0 Å². The van der Waals surface area contributed by atoms with E-state index in [1.807, 2.05) is 0 Å². The molecule has 2 unspecified atom stereocenters. The zero-order chi connectivity index (χ0) is 10.3. The molecule has 1 rings (SSSR count). The number of hydrogen-bond donors (Lipinski definition) is 2. The highest BCUT2D eigenvalue weighted by molar-refractivity contribution is 7.48. The van der Waals surface area contributed by atoms with Crippen LogP contribution >= 0.6 is 7.82 Å². The van der Waals surface area contributed by atoms with Gasteiger partial charge >= 0.3 is 7.82 Å². The van der Waals surface area contributed by atoms with Gasteiger partial charge in [0.1, 0.15) is 0 Å². The third-order valence-corrected chi connectivity index (χ3v) is 2.63. The minimum atomic E-state index is -3.11. The first kappa shape index (κ1) is 13.0. The summed E-state index contributed by atoms with van der Waals surface area (Å²) in [5.74, 6) is 0. The molecule has 0 aromatic rings. The highest BCUT2D eigenvalue weighted by Gasteiger charge is 2.34. The molecule has 1 heterocycles. The topological polar surface area (TPSA) is 85.2 Å². The maximum Gasteiger partial charge on any atom is 0.474 e. The standard InChI is InChI=1S/C4H9O4P.C2H6O2/c1-4-3-7-9(5,6-2)8-4;3-1-2-4/h4H,3H2,1-2H3;3-4H,1-2H2. The fourth-order valence-corrected chi connectivity index (χ4v) is 1.72. The minimum Gasteiger partial charge on any atom is -0.394 e. The van der Waals surface area contributed by atoms with Gasteiger partial charge in [-0.3, -0.25) is 13.6 Å². The number of phosphoric ester groups is 1. The molecule has 1 fully saturated rings. The second-order valence-electron chi connectivity index (χ2n) is 2.29. The van der Waals surface area contributed by atoms with E-state index in [9.17, 15) is 4.57 Å². The Kier molecular flexibility index (Phi) is 6.49. The average Bonchev–Trinajstić information content (AvgIpc) is 2.48. The predicted molar refractivity (Wildman–Crippen MR) is 45.3 cm³/mol. The van der Waals surface area contributed by atoms with E-state index in [-0.39, 0.29) is 19.3 Å². The summed E-state index contributed by atoms with van der Waals surface area (Å²) in [6.45, 7) is 1.88. The Morgan fingerprint density at radius 1 is 1.54 bits per heavy atom. The molecule has 0 spiro atoms. The molecule has 0 radical (unpaired) electrons. The van der Waals surface area contributed by atoms with E-state index in [2.05, 4.69) is 4.52 Å². The van der Waals surface area contributed by atoms with Gasteiger partial charge in [0.05, 0.1) is 25.9 Å². The van der Waals surface area contributed by atoms with Crippen LogP contribution in [0.25, 0.3) is 0 Å². The second kappa shape index (κ2) is 6.48. The van der Waals surface area contributed by atoms with Crippen LogP contribution in [-0.4, -0.2) is 43.2 Å². The van der Waals surface area contributed by atoms with Gasteiger partial charge in [-0.15, -0.1) is 0 Å². The molecule has 1 saturated heterocycles. The van der Waals surface area contributed by atoms with Crippen LogP contribution in [-0.2, 0) is 18.1 Å². The Labute approximate surface area is 77.0 Å². The van der Waals surface area contributed by atoms with Crippen molar-refractivity contribution < 1.29 is 28.3 Å². The number of aliphatic hydroxyl groups excluding tert-OH is 2. The predicted octanol–water partition coefficient (Wildman–Crippen LogP) is 0.147. The second-order valence-corrected chi connectivity index (χ2v) is 4.02. The Balaban J connectivity index is 0.000000310. The van der Waals surface area contributed by atoms with Crippen molar-refractivity contribution >= 4 is 7.82 Å². The summed E-state index contributed by atoms with van der Waals surface area (Å²) in [6, 6.07) is 0. The van der Waals surface area contributed by atoms with E-state index in [4.69, 9.17) is 19.3 Å². The van der Waals surface area contributed by atoms with Crippen molar-refractivity contribution in [3.8, 4) is 0 Å². The summed E-state index contributed by atoms with van der Waals surface area (Å²) in [5.41, 5.74) is 0. The van der Waals surface area contributed by atoms with Crippen molar-refractivity contribution in [3.05, 3.63) is 0 Å². The Morgan fingerprint density at radius 2 is 2.08 bits per heavy atom. The van der Waals surface area contributed by atoms with Crippen molar-refractivity contribution in [1.82, 2.24) is 0 Å². The number of aliphatic hydroxyl groups is 2. The van der Waals surface area contributed by atoms with Crippen molar-refractivity contribution in [1.29, 1.82) is 0 Å². The molecule has 0 aromatic carbocycles. The zero-order valence-corrected chi connectivity index (χ0v) is 8.57. The lowest BCUT2D eigenvalue weighted by molar-refractivity contribution is 0.186. The summed E-state index contributed by atoms with van der Waals surface area (Å²) in [5, 5.41) is 15.2. The molecule has 0 saturated carbocycles. The molecule has 0 aliphatic carbocycles. The van der Waals surface area contributed by atoms with E-state index in [1.54, 1.807) is 6.92 Å². The highest BCUT2D eigenvalue weighted by atomic mass is 31.2. The molecule has 1 aliphatic rings. The van der Waals surface area contributed by atoms with Crippen LogP contribution < -0.4 is 0 Å². The summed E-state index contributed by atoms with van der Waals surface area (Å²) >= 11 is 0. The van der Waals surface area contributed by atoms with E-state index >= 15 is 0 Å². The molecule has 0 bridgehead atoms. The highest BCUT2D eigenvalue weighted by Crippen LogP contribution is 2.53. The first-order valence-electron chi connectivity index (χ1n) is 3.78. The minimum absolute atomic E-state index is 0.115. The quantitative estimate of drug-likeness (QED) is 0.636. The monoisotopic (exact) mass is 214 g/mol. The molecule has 13 heavy (non-hydrogen) atoms. The largest absolute Gasteiger partial charge is 0.474 e. The van der Waals surface area contributed by atoms with E-state index < -0.39 is 7.82 Å². The van der Waals surface area contributed by atoms with Crippen LogP contribution in [0.3, 0.4) is 0 Å². The van der Waals surface area contributed by atoms with Crippen molar-refractivity contribution in [3.63, 3.8) is 0 Å². The molecule has 7 heteroatoms. The third kappa shape index (κ3) is 5.36. The van der Waals surface area contributed by atoms with Gasteiger partial charge in [-0.1, -0.05) is 0 Å². The molecular formula is C6H15O6P. The van der Waals surface area contributed by atoms with Crippen LogP contribution in [0.5, 0.6) is 0 Å². The Bertz CT molecular complexity index is 171. The van der Waals surface area contributed by atoms with Gasteiger partial charge in [0.25, 0.3) is 0 Å². The Hall–Kier alpha value is 0.0300. The first-order chi connectivity index (χ1) is 6.08. The van der Waals surface area contributed by atoms with E-state index in [0.717, 1.165) is 0 Å². The molecule has 1 aliphatic heterocycles. The average molecular weight is 214 g/mol. The van der Waals surface area contributed by atoms with Gasteiger partial charge in [0.15, 0.2) is 0 Å². The van der Waals surface area contributed by atoms with Gasteiger partial charge in [-0.25, -0.2) is 4.57 Å². The summed E-state index contributed by atoms with van der Waals surface area (Å²) in [6.07, 6.45) is -0.115. The smallest absolute Gasteiger partial charge is 0.394 e. The number of rotatable bonds is 2. The maximum atomic E-state index is 10.9. The number of hydrogen-bond acceptors (Lipinski definition) is 6. The maximum absolute atomic E-state index is 10.9. The summed E-state index contributed by atoms with van der Waals surface area (Å²) in [4.78, 5) is 0.